The molecule has 0 aliphatic rings. The number of aromatic nitrogens is 1. The molecule has 0 unspecified atom stereocenters. The lowest BCUT2D eigenvalue weighted by atomic mass is 10.1. The van der Waals surface area contributed by atoms with Crippen LogP contribution in [-0.4, -0.2) is 4.98 Å². The summed E-state index contributed by atoms with van der Waals surface area (Å²) in [5.41, 5.74) is 2.19. The van der Waals surface area contributed by atoms with Gasteiger partial charge in [0.15, 0.2) is 12.3 Å². The van der Waals surface area contributed by atoms with Crippen molar-refractivity contribution in [1.29, 1.82) is 0 Å². The fourth-order valence-corrected chi connectivity index (χ4v) is 2.58. The van der Waals surface area contributed by atoms with Crippen LogP contribution in [0.2, 0.25) is 10.0 Å². The van der Waals surface area contributed by atoms with Crippen LogP contribution in [0.15, 0.2) is 59.1 Å². The maximum Gasteiger partial charge on any atom is 0.250 e. The van der Waals surface area contributed by atoms with Crippen molar-refractivity contribution in [3.05, 3.63) is 76.2 Å². The van der Waals surface area contributed by atoms with Gasteiger partial charge in [-0.2, -0.15) is 0 Å². The molecular weight excluding hydrogens is 331 g/mol. The van der Waals surface area contributed by atoms with Crippen LogP contribution in [-0.2, 0) is 6.54 Å². The second kappa shape index (κ2) is 7.18. The molecule has 0 fully saturated rings. The number of hydrogen-bond donors (Lipinski definition) is 1. The highest BCUT2D eigenvalue weighted by Crippen LogP contribution is 2.22. The molecule has 3 aromatic rings. The van der Waals surface area contributed by atoms with Crippen molar-refractivity contribution in [2.24, 2.45) is 0 Å². The first kappa shape index (κ1) is 16.1. The number of quaternary nitrogens is 1. The normalized spacial score (nSPS) is 12.3. The predicted octanol–water partition coefficient (Wildman–Crippen LogP) is 4.47. The lowest BCUT2D eigenvalue weighted by molar-refractivity contribution is -0.709. The number of oxazole rings is 1. The fraction of sp³-hybridized carbons (Fsp3) is 0.167. The SMILES string of the molecule is C[C@@H]([NH2+]Cc1ncc(-c2ccc(Cl)cc2)o1)c1ccc(Cl)cc1. The third kappa shape index (κ3) is 4.14. The molecule has 1 atom stereocenters. The summed E-state index contributed by atoms with van der Waals surface area (Å²) in [5.74, 6) is 1.46. The summed E-state index contributed by atoms with van der Waals surface area (Å²) >= 11 is 11.8. The van der Waals surface area contributed by atoms with E-state index in [9.17, 15) is 0 Å². The fourth-order valence-electron chi connectivity index (χ4n) is 2.33. The second-order valence-electron chi connectivity index (χ2n) is 5.41. The van der Waals surface area contributed by atoms with Gasteiger partial charge < -0.3 is 9.73 Å². The highest BCUT2D eigenvalue weighted by molar-refractivity contribution is 6.30. The van der Waals surface area contributed by atoms with Crippen molar-refractivity contribution in [2.75, 3.05) is 0 Å². The summed E-state index contributed by atoms with van der Waals surface area (Å²) in [7, 11) is 0. The minimum atomic E-state index is 0.304. The van der Waals surface area contributed by atoms with Gasteiger partial charge in [0.1, 0.15) is 6.04 Å². The van der Waals surface area contributed by atoms with Gasteiger partial charge in [0.05, 0.1) is 6.20 Å². The highest BCUT2D eigenvalue weighted by atomic mass is 35.5. The molecule has 0 bridgehead atoms. The van der Waals surface area contributed by atoms with E-state index in [-0.39, 0.29) is 0 Å². The van der Waals surface area contributed by atoms with Crippen LogP contribution >= 0.6 is 23.2 Å². The standard InChI is InChI=1S/C18H16Cl2N2O/c1-12(13-2-6-15(19)7-3-13)21-11-18-22-10-17(23-18)14-4-8-16(20)9-5-14/h2-10,12,21H,11H2,1H3/p+1/t12-/m1/s1. The van der Waals surface area contributed by atoms with Gasteiger partial charge in [-0.05, 0) is 43.3 Å². The quantitative estimate of drug-likeness (QED) is 0.739. The predicted molar refractivity (Wildman–Crippen MR) is 92.4 cm³/mol. The first-order valence-electron chi connectivity index (χ1n) is 7.41. The van der Waals surface area contributed by atoms with E-state index in [4.69, 9.17) is 27.6 Å². The van der Waals surface area contributed by atoms with E-state index in [0.717, 1.165) is 16.3 Å². The molecule has 0 spiro atoms. The van der Waals surface area contributed by atoms with Crippen molar-refractivity contribution in [3.8, 4) is 11.3 Å². The highest BCUT2D eigenvalue weighted by Gasteiger charge is 2.12. The lowest BCUT2D eigenvalue weighted by Gasteiger charge is -2.09. The van der Waals surface area contributed by atoms with Crippen molar-refractivity contribution in [3.63, 3.8) is 0 Å². The average Bonchev–Trinajstić information content (AvgIpc) is 3.03. The van der Waals surface area contributed by atoms with Crippen LogP contribution in [0.5, 0.6) is 0 Å². The molecule has 0 saturated heterocycles. The average molecular weight is 348 g/mol. The van der Waals surface area contributed by atoms with Crippen LogP contribution < -0.4 is 5.32 Å². The minimum absolute atomic E-state index is 0.304. The molecule has 0 aliphatic heterocycles. The third-order valence-electron chi connectivity index (χ3n) is 3.72. The van der Waals surface area contributed by atoms with Gasteiger partial charge in [-0.15, -0.1) is 0 Å². The number of hydrogen-bond acceptors (Lipinski definition) is 2. The number of nitrogens with zero attached hydrogens (tertiary/aromatic N) is 1. The van der Waals surface area contributed by atoms with Crippen molar-refractivity contribution in [1.82, 2.24) is 4.98 Å². The molecular formula is C18H17Cl2N2O+. The maximum absolute atomic E-state index is 5.92. The number of halogens is 2. The van der Waals surface area contributed by atoms with Crippen LogP contribution in [0.4, 0.5) is 0 Å². The van der Waals surface area contributed by atoms with Crippen LogP contribution in [0, 0.1) is 0 Å². The first-order chi connectivity index (χ1) is 11.1. The minimum Gasteiger partial charge on any atom is -0.435 e. The van der Waals surface area contributed by atoms with Gasteiger partial charge in [-0.25, -0.2) is 4.98 Å². The lowest BCUT2D eigenvalue weighted by Crippen LogP contribution is -2.83. The third-order valence-corrected chi connectivity index (χ3v) is 4.23. The monoisotopic (exact) mass is 347 g/mol. The Balaban J connectivity index is 1.63. The van der Waals surface area contributed by atoms with Gasteiger partial charge in [-0.1, -0.05) is 35.3 Å². The Morgan fingerprint density at radius 1 is 1.00 bits per heavy atom. The number of rotatable bonds is 5. The molecule has 0 aliphatic carbocycles. The molecule has 1 aromatic heterocycles. The Bertz CT molecular complexity index is 766. The first-order valence-corrected chi connectivity index (χ1v) is 8.17. The second-order valence-corrected chi connectivity index (χ2v) is 6.28. The van der Waals surface area contributed by atoms with Gasteiger partial charge in [-0.3, -0.25) is 0 Å². The summed E-state index contributed by atoms with van der Waals surface area (Å²) in [6.45, 7) is 2.82. The van der Waals surface area contributed by atoms with Crippen LogP contribution in [0.25, 0.3) is 11.3 Å². The Kier molecular flexibility index (Phi) is 5.01. The number of benzene rings is 2. The van der Waals surface area contributed by atoms with Gasteiger partial charge in [0.2, 0.25) is 0 Å². The zero-order valence-electron chi connectivity index (χ0n) is 12.7. The molecule has 118 valence electrons. The van der Waals surface area contributed by atoms with E-state index in [0.29, 0.717) is 23.5 Å². The summed E-state index contributed by atoms with van der Waals surface area (Å²) in [6.07, 6.45) is 1.75. The van der Waals surface area contributed by atoms with Gasteiger partial charge in [0.25, 0.3) is 5.89 Å². The Morgan fingerprint density at radius 2 is 1.61 bits per heavy atom. The molecule has 0 amide bonds. The van der Waals surface area contributed by atoms with Crippen molar-refractivity contribution in [2.45, 2.75) is 19.5 Å². The van der Waals surface area contributed by atoms with E-state index >= 15 is 0 Å². The van der Waals surface area contributed by atoms with E-state index in [1.807, 2.05) is 48.5 Å². The Morgan fingerprint density at radius 3 is 2.26 bits per heavy atom. The molecule has 23 heavy (non-hydrogen) atoms. The van der Waals surface area contributed by atoms with Crippen LogP contribution in [0.1, 0.15) is 24.4 Å². The van der Waals surface area contributed by atoms with Crippen molar-refractivity contribution >= 4 is 23.2 Å². The topological polar surface area (TPSA) is 42.6 Å². The molecule has 3 rings (SSSR count). The van der Waals surface area contributed by atoms with E-state index in [1.54, 1.807) is 6.20 Å². The summed E-state index contributed by atoms with van der Waals surface area (Å²) < 4.78 is 5.81. The Hall–Kier alpha value is -1.81. The van der Waals surface area contributed by atoms with Gasteiger partial charge in [0, 0.05) is 21.2 Å². The maximum atomic E-state index is 5.92. The van der Waals surface area contributed by atoms with E-state index < -0.39 is 0 Å². The summed E-state index contributed by atoms with van der Waals surface area (Å²) in [6, 6.07) is 15.7. The van der Waals surface area contributed by atoms with Crippen molar-refractivity contribution < 1.29 is 9.73 Å². The molecule has 2 N–H and O–H groups in total. The van der Waals surface area contributed by atoms with E-state index in [2.05, 4.69) is 17.2 Å². The largest absolute Gasteiger partial charge is 0.435 e. The molecule has 2 aromatic carbocycles. The summed E-state index contributed by atoms with van der Waals surface area (Å²) in [5, 5.41) is 3.64. The number of nitrogens with two attached hydrogens (primary N) is 1. The molecule has 1 heterocycles. The molecule has 0 saturated carbocycles. The smallest absolute Gasteiger partial charge is 0.250 e. The zero-order valence-corrected chi connectivity index (χ0v) is 14.2. The molecule has 5 heteroatoms. The van der Waals surface area contributed by atoms with Gasteiger partial charge >= 0.3 is 0 Å². The molecule has 0 radical (unpaired) electrons. The molecule has 3 nitrogen and oxygen atoms in total. The Labute approximate surface area is 145 Å². The van der Waals surface area contributed by atoms with Crippen LogP contribution in [0.3, 0.4) is 0 Å². The zero-order chi connectivity index (χ0) is 16.2. The summed E-state index contributed by atoms with van der Waals surface area (Å²) in [4.78, 5) is 4.34. The van der Waals surface area contributed by atoms with E-state index in [1.165, 1.54) is 5.56 Å².